The van der Waals surface area contributed by atoms with Gasteiger partial charge in [-0.3, -0.25) is 14.8 Å². The Kier molecular flexibility index (Phi) is 11.9. The predicted molar refractivity (Wildman–Crippen MR) is 135 cm³/mol. The predicted octanol–water partition coefficient (Wildman–Crippen LogP) is 2.68. The van der Waals surface area contributed by atoms with Crippen molar-refractivity contribution >= 4 is 11.8 Å². The highest BCUT2D eigenvalue weighted by atomic mass is 16.5. The second-order valence-electron chi connectivity index (χ2n) is 10.7. The first-order valence-corrected chi connectivity index (χ1v) is 13.3. The lowest BCUT2D eigenvalue weighted by atomic mass is 9.81. The van der Waals surface area contributed by atoms with Crippen molar-refractivity contribution in [2.45, 2.75) is 104 Å². The van der Waals surface area contributed by atoms with Crippen molar-refractivity contribution in [3.05, 3.63) is 30.1 Å². The second kappa shape index (κ2) is 14.4. The molecule has 198 valence electrons. The molecule has 2 unspecified atom stereocenters. The monoisotopic (exact) mass is 491 g/mol. The van der Waals surface area contributed by atoms with Crippen molar-refractivity contribution in [3.63, 3.8) is 0 Å². The molecule has 2 amide bonds. The van der Waals surface area contributed by atoms with Crippen LogP contribution in [0.2, 0.25) is 0 Å². The van der Waals surface area contributed by atoms with E-state index < -0.39 is 18.1 Å². The molecular formula is C27H47N4O4+. The lowest BCUT2D eigenvalue weighted by Crippen LogP contribution is -2.53. The number of carbonyl (C=O) groups is 2. The summed E-state index contributed by atoms with van der Waals surface area (Å²) in [6.45, 7) is 7.96. The fourth-order valence-corrected chi connectivity index (χ4v) is 4.94. The third-order valence-corrected chi connectivity index (χ3v) is 7.62. The molecule has 1 heterocycles. The molecule has 1 saturated carbocycles. The summed E-state index contributed by atoms with van der Waals surface area (Å²) < 4.78 is 0.962. The summed E-state index contributed by atoms with van der Waals surface area (Å²) in [6, 6.07) is 4.12. The van der Waals surface area contributed by atoms with Gasteiger partial charge in [0, 0.05) is 28.8 Å². The van der Waals surface area contributed by atoms with Crippen molar-refractivity contribution < 1.29 is 24.6 Å². The van der Waals surface area contributed by atoms with Crippen LogP contribution in [0.15, 0.2) is 24.4 Å². The Morgan fingerprint density at radius 1 is 1.14 bits per heavy atom. The molecule has 0 spiro atoms. The third-order valence-electron chi connectivity index (χ3n) is 7.62. The van der Waals surface area contributed by atoms with E-state index in [0.29, 0.717) is 18.0 Å². The maximum atomic E-state index is 13.3. The third kappa shape index (κ3) is 9.08. The highest BCUT2D eigenvalue weighted by Gasteiger charge is 2.33. The van der Waals surface area contributed by atoms with E-state index in [1.165, 1.54) is 38.3 Å². The Hall–Kier alpha value is -2.19. The first-order valence-electron chi connectivity index (χ1n) is 13.3. The number of aliphatic hydroxyl groups is 1. The minimum absolute atomic E-state index is 0.00941. The van der Waals surface area contributed by atoms with Crippen LogP contribution in [0.1, 0.15) is 84.8 Å². The van der Waals surface area contributed by atoms with Gasteiger partial charge in [-0.25, -0.2) is 0 Å². The van der Waals surface area contributed by atoms with Crippen LogP contribution >= 0.6 is 0 Å². The summed E-state index contributed by atoms with van der Waals surface area (Å²) in [6.07, 6.45) is 8.58. The van der Waals surface area contributed by atoms with Gasteiger partial charge in [0.15, 0.2) is 0 Å². The first kappa shape index (κ1) is 29.0. The Balaban J connectivity index is 2.00. The van der Waals surface area contributed by atoms with Crippen molar-refractivity contribution in [1.82, 2.24) is 10.6 Å². The van der Waals surface area contributed by atoms with Gasteiger partial charge < -0.3 is 21.5 Å². The number of rotatable bonds is 13. The number of nitrogens with one attached hydrogen (secondary N) is 2. The zero-order chi connectivity index (χ0) is 26.0. The number of nitrogens with zero attached hydrogens (tertiary/aromatic N) is 1. The smallest absolute Gasteiger partial charge is 0.253 e. The molecule has 1 aromatic rings. The van der Waals surface area contributed by atoms with Gasteiger partial charge >= 0.3 is 0 Å². The van der Waals surface area contributed by atoms with Crippen LogP contribution in [0.4, 0.5) is 0 Å². The molecule has 8 nitrogen and oxygen atoms in total. The summed E-state index contributed by atoms with van der Waals surface area (Å²) in [4.78, 5) is 26.3. The average Bonchev–Trinajstić information content (AvgIpc) is 2.84. The maximum absolute atomic E-state index is 13.3. The average molecular weight is 492 g/mol. The van der Waals surface area contributed by atoms with E-state index in [2.05, 4.69) is 10.6 Å². The molecule has 2 rings (SSSR count). The number of pyridine rings is 1. The van der Waals surface area contributed by atoms with Crippen LogP contribution in [0, 0.1) is 23.7 Å². The normalized spacial score (nSPS) is 18.9. The van der Waals surface area contributed by atoms with E-state index in [1.807, 2.05) is 27.7 Å². The first-order chi connectivity index (χ1) is 16.6. The topological polar surface area (TPSA) is 129 Å². The summed E-state index contributed by atoms with van der Waals surface area (Å²) in [5.74, 6) is -0.516. The van der Waals surface area contributed by atoms with E-state index in [-0.39, 0.29) is 42.7 Å². The molecule has 0 bridgehead atoms. The molecule has 1 fully saturated rings. The fraction of sp³-hybridized carbons (Fsp3) is 0.741. The molecular weight excluding hydrogens is 444 g/mol. The van der Waals surface area contributed by atoms with E-state index in [0.717, 1.165) is 11.2 Å². The number of carbonyl (C=O) groups excluding carboxylic acids is 2. The molecule has 0 aliphatic heterocycles. The summed E-state index contributed by atoms with van der Waals surface area (Å²) >= 11 is 0. The van der Waals surface area contributed by atoms with Crippen LogP contribution in [0.3, 0.4) is 0 Å². The number of hydrogen-bond acceptors (Lipinski definition) is 5. The van der Waals surface area contributed by atoms with Gasteiger partial charge in [0.25, 0.3) is 5.69 Å². The fourth-order valence-electron chi connectivity index (χ4n) is 4.94. The molecule has 0 saturated heterocycles. The van der Waals surface area contributed by atoms with Crippen LogP contribution in [0.25, 0.3) is 0 Å². The van der Waals surface area contributed by atoms with Gasteiger partial charge in [-0.1, -0.05) is 66.2 Å². The minimum atomic E-state index is -0.760. The van der Waals surface area contributed by atoms with Crippen LogP contribution in [0.5, 0.6) is 0 Å². The van der Waals surface area contributed by atoms with E-state index in [1.54, 1.807) is 18.2 Å². The summed E-state index contributed by atoms with van der Waals surface area (Å²) in [7, 11) is 0. The van der Waals surface area contributed by atoms with Gasteiger partial charge in [0.1, 0.15) is 12.6 Å². The Bertz CT molecular complexity index is 797. The van der Waals surface area contributed by atoms with Gasteiger partial charge in [0.05, 0.1) is 6.10 Å². The lowest BCUT2D eigenvalue weighted by molar-refractivity contribution is -0.909. The van der Waals surface area contributed by atoms with Crippen molar-refractivity contribution in [2.75, 3.05) is 0 Å². The Morgan fingerprint density at radius 3 is 2.43 bits per heavy atom. The molecule has 5 atom stereocenters. The molecule has 1 aromatic heterocycles. The SMILES string of the molecule is CCC(C)[C@H](NC(=O)[C@@H](C[C@H](O)C(N)CC1CCCCC1)C(C)C)C(=O)NCc1cccc[n+]1O. The number of aromatic nitrogens is 1. The zero-order valence-corrected chi connectivity index (χ0v) is 22.0. The minimum Gasteiger partial charge on any atom is -0.391 e. The number of hydrogen-bond donors (Lipinski definition) is 5. The van der Waals surface area contributed by atoms with Gasteiger partial charge in [-0.05, 0) is 36.7 Å². The van der Waals surface area contributed by atoms with Crippen LogP contribution < -0.4 is 21.1 Å². The van der Waals surface area contributed by atoms with Crippen molar-refractivity contribution in [3.8, 4) is 0 Å². The van der Waals surface area contributed by atoms with Crippen LogP contribution in [-0.2, 0) is 16.1 Å². The standard InChI is InChI=1S/C27H46N4O4/c1-5-19(4)25(27(34)29-17-21-13-9-10-14-31(21)35)30-26(33)22(18(2)3)16-24(32)23(28)15-20-11-7-6-8-12-20/h9-10,13-14,18-20,22-25,32H,5-8,11-12,15-17,28H2,1-4H3,(H2-,29,30,33,34,35)/p+1/t19?,22-,23?,24-,25-/m0/s1. The molecule has 8 heteroatoms. The van der Waals surface area contributed by atoms with Gasteiger partial charge in [-0.15, -0.1) is 0 Å². The van der Waals surface area contributed by atoms with E-state index in [4.69, 9.17) is 5.73 Å². The highest BCUT2D eigenvalue weighted by Crippen LogP contribution is 2.29. The molecule has 0 aromatic carbocycles. The van der Waals surface area contributed by atoms with E-state index in [9.17, 15) is 19.9 Å². The quantitative estimate of drug-likeness (QED) is 0.214. The van der Waals surface area contributed by atoms with Gasteiger partial charge in [-0.2, -0.15) is 0 Å². The Morgan fingerprint density at radius 2 is 1.83 bits per heavy atom. The molecule has 6 N–H and O–H groups in total. The van der Waals surface area contributed by atoms with Crippen molar-refractivity contribution in [1.29, 1.82) is 0 Å². The Labute approximate surface area is 210 Å². The van der Waals surface area contributed by atoms with Crippen LogP contribution in [-0.4, -0.2) is 40.3 Å². The molecule has 1 aliphatic carbocycles. The second-order valence-corrected chi connectivity index (χ2v) is 10.7. The molecule has 0 radical (unpaired) electrons. The summed E-state index contributed by atoms with van der Waals surface area (Å²) in [5, 5.41) is 26.5. The highest BCUT2D eigenvalue weighted by molar-refractivity contribution is 5.88. The molecule has 1 aliphatic rings. The largest absolute Gasteiger partial charge is 0.391 e. The maximum Gasteiger partial charge on any atom is 0.253 e. The van der Waals surface area contributed by atoms with Gasteiger partial charge in [0.2, 0.25) is 18.0 Å². The lowest BCUT2D eigenvalue weighted by Gasteiger charge is -2.31. The zero-order valence-electron chi connectivity index (χ0n) is 22.0. The van der Waals surface area contributed by atoms with Crippen molar-refractivity contribution in [2.24, 2.45) is 29.4 Å². The summed E-state index contributed by atoms with van der Waals surface area (Å²) in [5.41, 5.74) is 6.89. The number of nitrogens with two attached hydrogens (primary N) is 1. The van der Waals surface area contributed by atoms with E-state index >= 15 is 0 Å². The number of aliphatic hydroxyl groups excluding tert-OH is 1. The molecule has 35 heavy (non-hydrogen) atoms. The number of amides is 2.